The molecule has 0 atom stereocenters. The van der Waals surface area contributed by atoms with E-state index < -0.39 is 0 Å². The number of aromatic amines is 1. The molecule has 0 aliphatic heterocycles. The molecule has 0 unspecified atom stereocenters. The molecule has 0 aliphatic rings. The molecule has 23 heavy (non-hydrogen) atoms. The Kier molecular flexibility index (Phi) is 4.10. The second-order valence-electron chi connectivity index (χ2n) is 5.62. The Labute approximate surface area is 134 Å². The van der Waals surface area contributed by atoms with Crippen LogP contribution < -0.4 is 0 Å². The molecule has 0 spiro atoms. The molecule has 2 heterocycles. The van der Waals surface area contributed by atoms with Crippen molar-refractivity contribution in [1.29, 1.82) is 0 Å². The Morgan fingerprint density at radius 2 is 2.00 bits per heavy atom. The van der Waals surface area contributed by atoms with Crippen LogP contribution in [0.25, 0.3) is 10.9 Å². The second kappa shape index (κ2) is 6.20. The number of fused-ring (bicyclic) bond motifs is 1. The van der Waals surface area contributed by atoms with Crippen molar-refractivity contribution in [3.63, 3.8) is 0 Å². The molecule has 118 valence electrons. The highest BCUT2D eigenvalue weighted by molar-refractivity contribution is 6.08. The molecule has 0 fully saturated rings. The molecule has 1 N–H and O–H groups in total. The summed E-state index contributed by atoms with van der Waals surface area (Å²) in [5, 5.41) is 0.628. The van der Waals surface area contributed by atoms with Crippen molar-refractivity contribution in [2.45, 2.75) is 13.3 Å². The summed E-state index contributed by atoms with van der Waals surface area (Å²) in [7, 11) is 1.76. The van der Waals surface area contributed by atoms with Crippen LogP contribution >= 0.6 is 0 Å². The van der Waals surface area contributed by atoms with E-state index in [0.717, 1.165) is 12.0 Å². The number of aryl methyl sites for hydroxylation is 1. The maximum absolute atomic E-state index is 13.9. The van der Waals surface area contributed by atoms with Crippen molar-refractivity contribution in [1.82, 2.24) is 14.9 Å². The zero-order chi connectivity index (χ0) is 16.4. The predicted molar refractivity (Wildman–Crippen MR) is 87.9 cm³/mol. The Hall–Kier alpha value is -2.69. The fourth-order valence-corrected chi connectivity index (χ4v) is 2.73. The van der Waals surface area contributed by atoms with Crippen LogP contribution in [0.15, 0.2) is 42.7 Å². The number of benzene rings is 1. The maximum atomic E-state index is 13.9. The number of nitrogens with zero attached hydrogens (tertiary/aromatic N) is 2. The van der Waals surface area contributed by atoms with E-state index in [9.17, 15) is 9.18 Å². The van der Waals surface area contributed by atoms with Gasteiger partial charge in [0.15, 0.2) is 0 Å². The quantitative estimate of drug-likeness (QED) is 0.803. The third-order valence-electron chi connectivity index (χ3n) is 4.02. The van der Waals surface area contributed by atoms with Crippen LogP contribution in [0, 0.1) is 12.7 Å². The van der Waals surface area contributed by atoms with E-state index in [1.54, 1.807) is 43.4 Å². The zero-order valence-electron chi connectivity index (χ0n) is 13.1. The topological polar surface area (TPSA) is 49.0 Å². The molecule has 0 radical (unpaired) electrons. The fourth-order valence-electron chi connectivity index (χ4n) is 2.73. The van der Waals surface area contributed by atoms with Crippen LogP contribution in [0.1, 0.15) is 21.6 Å². The van der Waals surface area contributed by atoms with Gasteiger partial charge in [0.1, 0.15) is 5.82 Å². The summed E-state index contributed by atoms with van der Waals surface area (Å²) < 4.78 is 13.9. The van der Waals surface area contributed by atoms with Crippen molar-refractivity contribution < 1.29 is 9.18 Å². The Morgan fingerprint density at radius 1 is 1.26 bits per heavy atom. The monoisotopic (exact) mass is 311 g/mol. The number of carbonyl (C=O) groups is 1. The molecule has 1 aromatic carbocycles. The largest absolute Gasteiger partial charge is 0.356 e. The van der Waals surface area contributed by atoms with E-state index in [-0.39, 0.29) is 11.7 Å². The highest BCUT2D eigenvalue weighted by Crippen LogP contribution is 2.25. The minimum atomic E-state index is -0.343. The highest BCUT2D eigenvalue weighted by Gasteiger charge is 2.20. The lowest BCUT2D eigenvalue weighted by atomic mass is 10.1. The van der Waals surface area contributed by atoms with Gasteiger partial charge in [-0.3, -0.25) is 9.78 Å². The number of rotatable bonds is 4. The molecule has 0 saturated carbocycles. The third-order valence-corrected chi connectivity index (χ3v) is 4.02. The van der Waals surface area contributed by atoms with Crippen molar-refractivity contribution in [3.05, 3.63) is 65.4 Å². The Balaban J connectivity index is 1.82. The van der Waals surface area contributed by atoms with E-state index in [1.807, 2.05) is 12.1 Å². The number of hydrogen-bond acceptors (Lipinski definition) is 2. The van der Waals surface area contributed by atoms with Gasteiger partial charge in [-0.2, -0.15) is 0 Å². The maximum Gasteiger partial charge on any atom is 0.256 e. The van der Waals surface area contributed by atoms with Gasteiger partial charge in [-0.15, -0.1) is 0 Å². The van der Waals surface area contributed by atoms with Gasteiger partial charge in [-0.1, -0.05) is 12.1 Å². The van der Waals surface area contributed by atoms with Crippen LogP contribution in [0.2, 0.25) is 0 Å². The lowest BCUT2D eigenvalue weighted by molar-refractivity contribution is 0.0798. The minimum Gasteiger partial charge on any atom is -0.356 e. The van der Waals surface area contributed by atoms with E-state index in [0.29, 0.717) is 28.7 Å². The number of aromatic nitrogens is 2. The Bertz CT molecular complexity index is 842. The lowest BCUT2D eigenvalue weighted by Gasteiger charge is -2.17. The first-order valence-corrected chi connectivity index (χ1v) is 7.49. The van der Waals surface area contributed by atoms with Crippen LogP contribution in [0.3, 0.4) is 0 Å². The molecular weight excluding hydrogens is 293 g/mol. The van der Waals surface area contributed by atoms with E-state index in [1.165, 1.54) is 6.07 Å². The number of pyridine rings is 1. The highest BCUT2D eigenvalue weighted by atomic mass is 19.1. The molecule has 1 amide bonds. The molecule has 2 aromatic heterocycles. The molecule has 0 saturated heterocycles. The number of para-hydroxylation sites is 1. The average molecular weight is 311 g/mol. The Morgan fingerprint density at radius 3 is 2.74 bits per heavy atom. The van der Waals surface area contributed by atoms with Crippen LogP contribution in [-0.4, -0.2) is 34.4 Å². The SMILES string of the molecule is Cc1[nH]c2c(F)cccc2c1C(=O)N(C)CCc1ccncc1. The van der Waals surface area contributed by atoms with Gasteiger partial charge in [-0.05, 0) is 37.1 Å². The molecular formula is C18H18FN3O. The van der Waals surface area contributed by atoms with Crippen molar-refractivity contribution in [2.75, 3.05) is 13.6 Å². The van der Waals surface area contributed by atoms with Gasteiger partial charge in [0.2, 0.25) is 0 Å². The summed E-state index contributed by atoms with van der Waals surface area (Å²) in [5.41, 5.74) is 2.74. The van der Waals surface area contributed by atoms with Crippen molar-refractivity contribution in [3.8, 4) is 0 Å². The molecule has 4 nitrogen and oxygen atoms in total. The molecule has 5 heteroatoms. The smallest absolute Gasteiger partial charge is 0.256 e. The third kappa shape index (κ3) is 2.95. The van der Waals surface area contributed by atoms with Crippen molar-refractivity contribution >= 4 is 16.8 Å². The molecule has 0 aliphatic carbocycles. The number of nitrogens with one attached hydrogen (secondary N) is 1. The molecule has 3 aromatic rings. The summed E-state index contributed by atoms with van der Waals surface area (Å²) in [6, 6.07) is 8.65. The number of halogens is 1. The van der Waals surface area contributed by atoms with Gasteiger partial charge in [0, 0.05) is 37.1 Å². The molecule has 3 rings (SSSR count). The summed E-state index contributed by atoms with van der Waals surface area (Å²) in [6.07, 6.45) is 4.23. The van der Waals surface area contributed by atoms with Crippen LogP contribution in [0.5, 0.6) is 0 Å². The lowest BCUT2D eigenvalue weighted by Crippen LogP contribution is -2.29. The second-order valence-corrected chi connectivity index (χ2v) is 5.62. The van der Waals surface area contributed by atoms with Gasteiger partial charge in [0.25, 0.3) is 5.91 Å². The predicted octanol–water partition coefficient (Wildman–Crippen LogP) is 3.33. The van der Waals surface area contributed by atoms with Gasteiger partial charge in [-0.25, -0.2) is 4.39 Å². The number of hydrogen-bond donors (Lipinski definition) is 1. The van der Waals surface area contributed by atoms with E-state index in [4.69, 9.17) is 0 Å². The first kappa shape index (κ1) is 15.2. The first-order chi connectivity index (χ1) is 11.1. The summed E-state index contributed by atoms with van der Waals surface area (Å²) >= 11 is 0. The summed E-state index contributed by atoms with van der Waals surface area (Å²) in [4.78, 5) is 21.4. The molecule has 0 bridgehead atoms. The van der Waals surface area contributed by atoms with E-state index in [2.05, 4.69) is 9.97 Å². The van der Waals surface area contributed by atoms with Gasteiger partial charge < -0.3 is 9.88 Å². The van der Waals surface area contributed by atoms with Gasteiger partial charge >= 0.3 is 0 Å². The number of carbonyl (C=O) groups excluding carboxylic acids is 1. The minimum absolute atomic E-state index is 0.103. The summed E-state index contributed by atoms with van der Waals surface area (Å²) in [6.45, 7) is 2.38. The standard InChI is InChI=1S/C18H18FN3O/c1-12-16(14-4-3-5-15(19)17(14)21-12)18(23)22(2)11-8-13-6-9-20-10-7-13/h3-7,9-10,21H,8,11H2,1-2H3. The van der Waals surface area contributed by atoms with Crippen LogP contribution in [-0.2, 0) is 6.42 Å². The van der Waals surface area contributed by atoms with E-state index >= 15 is 0 Å². The normalized spacial score (nSPS) is 10.9. The summed E-state index contributed by atoms with van der Waals surface area (Å²) in [5.74, 6) is -0.447. The van der Waals surface area contributed by atoms with Crippen molar-refractivity contribution in [2.24, 2.45) is 0 Å². The zero-order valence-corrected chi connectivity index (χ0v) is 13.1. The number of amides is 1. The number of likely N-dealkylation sites (N-methyl/N-ethyl adjacent to an activating group) is 1. The number of H-pyrrole nitrogens is 1. The van der Waals surface area contributed by atoms with Gasteiger partial charge in [0.05, 0.1) is 11.1 Å². The van der Waals surface area contributed by atoms with Crippen LogP contribution in [0.4, 0.5) is 4.39 Å². The first-order valence-electron chi connectivity index (χ1n) is 7.49. The average Bonchev–Trinajstić information content (AvgIpc) is 2.90. The fraction of sp³-hybridized carbons (Fsp3) is 0.222.